The first kappa shape index (κ1) is 15.7. The van der Waals surface area contributed by atoms with E-state index < -0.39 is 0 Å². The summed E-state index contributed by atoms with van der Waals surface area (Å²) in [5.74, 6) is 0. The number of likely N-dealkylation sites (tertiary alicyclic amines) is 1. The molecule has 0 unspecified atom stereocenters. The van der Waals surface area contributed by atoms with Gasteiger partial charge in [0.05, 0.1) is 12.7 Å². The molecule has 0 aromatic heterocycles. The lowest BCUT2D eigenvalue weighted by Crippen LogP contribution is -2.62. The van der Waals surface area contributed by atoms with Crippen molar-refractivity contribution < 1.29 is 4.74 Å². The number of hydrogen-bond acceptors (Lipinski definition) is 2. The molecular weight excluding hydrogens is 222 g/mol. The van der Waals surface area contributed by atoms with Crippen molar-refractivity contribution in [3.8, 4) is 0 Å². The molecule has 0 aromatic rings. The Hall–Kier alpha value is -0.340. The average Bonchev–Trinajstić information content (AvgIpc) is 2.23. The molecule has 0 N–H and O–H groups in total. The van der Waals surface area contributed by atoms with Gasteiger partial charge in [0.1, 0.15) is 0 Å². The van der Waals surface area contributed by atoms with E-state index in [1.54, 1.807) is 0 Å². The van der Waals surface area contributed by atoms with E-state index in [1.165, 1.54) is 13.0 Å². The van der Waals surface area contributed by atoms with Crippen LogP contribution in [-0.4, -0.2) is 35.2 Å². The minimum absolute atomic E-state index is 0.234. The molecule has 0 amide bonds. The molecule has 0 spiro atoms. The Kier molecular flexibility index (Phi) is 5.42. The first-order valence-electron chi connectivity index (χ1n) is 7.34. The van der Waals surface area contributed by atoms with Gasteiger partial charge in [-0.25, -0.2) is 0 Å². The van der Waals surface area contributed by atoms with Gasteiger partial charge >= 0.3 is 0 Å². The topological polar surface area (TPSA) is 12.5 Å². The van der Waals surface area contributed by atoms with Crippen LogP contribution in [0.25, 0.3) is 0 Å². The van der Waals surface area contributed by atoms with Gasteiger partial charge in [0.2, 0.25) is 0 Å². The predicted molar refractivity (Wildman–Crippen MR) is 78.9 cm³/mol. The summed E-state index contributed by atoms with van der Waals surface area (Å²) in [6, 6.07) is 0. The molecule has 1 aliphatic heterocycles. The zero-order valence-corrected chi connectivity index (χ0v) is 13.1. The molecule has 0 aliphatic carbocycles. The molecule has 106 valence electrons. The number of hydrogen-bond donors (Lipinski definition) is 0. The van der Waals surface area contributed by atoms with Gasteiger partial charge in [-0.15, -0.1) is 0 Å². The van der Waals surface area contributed by atoms with Crippen LogP contribution in [0.1, 0.15) is 60.8 Å². The summed E-state index contributed by atoms with van der Waals surface area (Å²) in [7, 11) is 0. The second-order valence-electron chi connectivity index (χ2n) is 6.71. The lowest BCUT2D eigenvalue weighted by molar-refractivity contribution is -0.0987. The van der Waals surface area contributed by atoms with Crippen LogP contribution >= 0.6 is 0 Å². The minimum atomic E-state index is 0.234. The van der Waals surface area contributed by atoms with E-state index in [4.69, 9.17) is 4.74 Å². The van der Waals surface area contributed by atoms with Crippen LogP contribution in [0, 0.1) is 0 Å². The van der Waals surface area contributed by atoms with Gasteiger partial charge in [0.15, 0.2) is 0 Å². The van der Waals surface area contributed by atoms with Gasteiger partial charge in [0, 0.05) is 11.1 Å². The summed E-state index contributed by atoms with van der Waals surface area (Å²) in [6.45, 7) is 15.7. The Bertz CT molecular complexity index is 263. The Morgan fingerprint density at radius 2 is 1.72 bits per heavy atom. The van der Waals surface area contributed by atoms with Crippen LogP contribution in [0.3, 0.4) is 0 Å². The molecule has 0 atom stereocenters. The van der Waals surface area contributed by atoms with E-state index in [2.05, 4.69) is 51.7 Å². The van der Waals surface area contributed by atoms with E-state index in [1.807, 2.05) is 6.92 Å². The summed E-state index contributed by atoms with van der Waals surface area (Å²) in [5.41, 5.74) is 0.469. The fourth-order valence-corrected chi connectivity index (χ4v) is 3.46. The lowest BCUT2D eigenvalue weighted by Gasteiger charge is -2.55. The normalized spacial score (nSPS) is 24.8. The molecule has 1 rings (SSSR count). The quantitative estimate of drug-likeness (QED) is 0.686. The zero-order valence-electron chi connectivity index (χ0n) is 13.1. The molecule has 0 radical (unpaired) electrons. The van der Waals surface area contributed by atoms with Crippen molar-refractivity contribution in [2.24, 2.45) is 0 Å². The molecule has 1 aliphatic rings. The first-order valence-corrected chi connectivity index (χ1v) is 7.34. The lowest BCUT2D eigenvalue weighted by atomic mass is 9.78. The van der Waals surface area contributed by atoms with E-state index in [-0.39, 0.29) is 11.1 Å². The molecule has 1 saturated heterocycles. The maximum Gasteiger partial charge on any atom is 0.0651 e. The van der Waals surface area contributed by atoms with Gasteiger partial charge in [-0.1, -0.05) is 19.1 Å². The number of rotatable bonds is 5. The highest BCUT2D eigenvalue weighted by Gasteiger charge is 2.44. The van der Waals surface area contributed by atoms with Crippen molar-refractivity contribution in [2.75, 3.05) is 13.2 Å². The molecule has 2 heteroatoms. The van der Waals surface area contributed by atoms with E-state index in [9.17, 15) is 0 Å². The summed E-state index contributed by atoms with van der Waals surface area (Å²) >= 11 is 0. The van der Waals surface area contributed by atoms with Gasteiger partial charge in [-0.2, -0.15) is 0 Å². The summed E-state index contributed by atoms with van der Waals surface area (Å²) in [4.78, 5) is 2.66. The Labute approximate surface area is 113 Å². The molecule has 0 bridgehead atoms. The molecule has 0 saturated carbocycles. The fraction of sp³-hybridized carbons (Fsp3) is 0.875. The van der Waals surface area contributed by atoms with Crippen LogP contribution in [0.4, 0.5) is 0 Å². The number of ether oxygens (including phenoxy) is 1. The van der Waals surface area contributed by atoms with Crippen LogP contribution in [0.5, 0.6) is 0 Å². The second-order valence-corrected chi connectivity index (χ2v) is 6.71. The van der Waals surface area contributed by atoms with Gasteiger partial charge in [0.25, 0.3) is 0 Å². The van der Waals surface area contributed by atoms with Crippen molar-refractivity contribution in [1.82, 2.24) is 4.90 Å². The zero-order chi connectivity index (χ0) is 13.8. The Morgan fingerprint density at radius 3 is 2.17 bits per heavy atom. The Balaban J connectivity index is 2.71. The Morgan fingerprint density at radius 1 is 1.17 bits per heavy atom. The average molecular weight is 253 g/mol. The van der Waals surface area contributed by atoms with Crippen LogP contribution < -0.4 is 0 Å². The van der Waals surface area contributed by atoms with Crippen LogP contribution in [0.15, 0.2) is 12.2 Å². The van der Waals surface area contributed by atoms with Crippen molar-refractivity contribution in [3.63, 3.8) is 0 Å². The molecule has 0 aromatic carbocycles. The summed E-state index contributed by atoms with van der Waals surface area (Å²) in [5, 5.41) is 0. The third-order valence-corrected chi connectivity index (χ3v) is 4.03. The molecule has 18 heavy (non-hydrogen) atoms. The molecule has 1 heterocycles. The summed E-state index contributed by atoms with van der Waals surface area (Å²) < 4.78 is 6.01. The highest BCUT2D eigenvalue weighted by molar-refractivity contribution is 5.00. The number of piperidine rings is 1. The maximum absolute atomic E-state index is 6.01. The molecule has 1 fully saturated rings. The second kappa shape index (κ2) is 6.21. The minimum Gasteiger partial charge on any atom is -0.374 e. The standard InChI is InChI=1S/C16H31NO/c1-7-9-11-18-14-12-15(3,4)17(10-8-2)16(5,6)13-14/h7,9,14H,8,10-13H2,1-6H3. The monoisotopic (exact) mass is 253 g/mol. The molecular formula is C16H31NO. The first-order chi connectivity index (χ1) is 8.33. The largest absolute Gasteiger partial charge is 0.374 e. The van der Waals surface area contributed by atoms with Crippen molar-refractivity contribution >= 4 is 0 Å². The smallest absolute Gasteiger partial charge is 0.0651 e. The number of nitrogens with zero attached hydrogens (tertiary/aromatic N) is 1. The third-order valence-electron chi connectivity index (χ3n) is 4.03. The van der Waals surface area contributed by atoms with Gasteiger partial charge < -0.3 is 4.74 Å². The van der Waals surface area contributed by atoms with Gasteiger partial charge in [-0.05, 0) is 60.4 Å². The van der Waals surface area contributed by atoms with Crippen molar-refractivity contribution in [3.05, 3.63) is 12.2 Å². The highest BCUT2D eigenvalue weighted by atomic mass is 16.5. The van der Waals surface area contributed by atoms with E-state index in [0.717, 1.165) is 19.4 Å². The predicted octanol–water partition coefficient (Wildman–Crippen LogP) is 4.01. The van der Waals surface area contributed by atoms with Crippen molar-refractivity contribution in [2.45, 2.75) is 78.0 Å². The van der Waals surface area contributed by atoms with Crippen LogP contribution in [0.2, 0.25) is 0 Å². The number of allylic oxidation sites excluding steroid dienone is 1. The highest BCUT2D eigenvalue weighted by Crippen LogP contribution is 2.39. The fourth-order valence-electron chi connectivity index (χ4n) is 3.46. The van der Waals surface area contributed by atoms with Crippen molar-refractivity contribution in [1.29, 1.82) is 0 Å². The van der Waals surface area contributed by atoms with Gasteiger partial charge in [-0.3, -0.25) is 4.90 Å². The van der Waals surface area contributed by atoms with E-state index in [0.29, 0.717) is 6.10 Å². The third kappa shape index (κ3) is 3.83. The summed E-state index contributed by atoms with van der Waals surface area (Å²) in [6.07, 6.45) is 8.03. The van der Waals surface area contributed by atoms with E-state index >= 15 is 0 Å². The SMILES string of the molecule is CC=CCOC1CC(C)(C)N(CCC)C(C)(C)C1. The van der Waals surface area contributed by atoms with Crippen LogP contribution in [-0.2, 0) is 4.74 Å². The maximum atomic E-state index is 6.01. The molecule has 2 nitrogen and oxygen atoms in total.